The summed E-state index contributed by atoms with van der Waals surface area (Å²) in [5.41, 5.74) is 0.283. The second kappa shape index (κ2) is 10.6. The van der Waals surface area contributed by atoms with E-state index in [0.29, 0.717) is 19.0 Å². The zero-order valence-electron chi connectivity index (χ0n) is 15.9. The molecule has 25 heavy (non-hydrogen) atoms. The van der Waals surface area contributed by atoms with Gasteiger partial charge in [0.05, 0.1) is 6.54 Å². The van der Waals surface area contributed by atoms with E-state index in [1.54, 1.807) is 13.1 Å². The molecule has 0 spiro atoms. The van der Waals surface area contributed by atoms with Crippen molar-refractivity contribution in [2.24, 2.45) is 4.99 Å². The SMILES string of the molecule is CCCCC(CNC(=O)OC(C)(C)C)NC(=NC)NCc1ccon1. The number of carbonyl (C=O) groups excluding carboxylic acids is 1. The molecule has 0 saturated carbocycles. The van der Waals surface area contributed by atoms with Crippen molar-refractivity contribution < 1.29 is 14.1 Å². The van der Waals surface area contributed by atoms with Crippen LogP contribution in [0.1, 0.15) is 52.7 Å². The van der Waals surface area contributed by atoms with Gasteiger partial charge >= 0.3 is 6.09 Å². The summed E-state index contributed by atoms with van der Waals surface area (Å²) in [4.78, 5) is 16.1. The highest BCUT2D eigenvalue weighted by atomic mass is 16.6. The minimum Gasteiger partial charge on any atom is -0.444 e. The molecule has 0 aliphatic carbocycles. The van der Waals surface area contributed by atoms with Gasteiger partial charge in [-0.3, -0.25) is 4.99 Å². The molecule has 1 atom stereocenters. The smallest absolute Gasteiger partial charge is 0.407 e. The van der Waals surface area contributed by atoms with Gasteiger partial charge in [0.15, 0.2) is 5.96 Å². The van der Waals surface area contributed by atoms with Crippen molar-refractivity contribution >= 4 is 12.1 Å². The Balaban J connectivity index is 2.50. The monoisotopic (exact) mass is 353 g/mol. The van der Waals surface area contributed by atoms with Crippen LogP contribution in [0, 0.1) is 0 Å². The quantitative estimate of drug-likeness (QED) is 0.490. The van der Waals surface area contributed by atoms with Crippen molar-refractivity contribution in [1.29, 1.82) is 0 Å². The van der Waals surface area contributed by atoms with Crippen LogP contribution in [0.5, 0.6) is 0 Å². The number of amides is 1. The first-order chi connectivity index (χ1) is 11.8. The summed E-state index contributed by atoms with van der Waals surface area (Å²) in [6.07, 6.45) is 4.16. The normalized spacial score (nSPS) is 13.2. The number of guanidine groups is 1. The number of hydrogen-bond acceptors (Lipinski definition) is 5. The number of rotatable bonds is 8. The molecule has 0 fully saturated rings. The summed E-state index contributed by atoms with van der Waals surface area (Å²) in [7, 11) is 1.70. The third kappa shape index (κ3) is 9.59. The average molecular weight is 353 g/mol. The highest BCUT2D eigenvalue weighted by Gasteiger charge is 2.18. The first kappa shape index (κ1) is 20.8. The maximum Gasteiger partial charge on any atom is 0.407 e. The number of aliphatic imine (C=N–C) groups is 1. The first-order valence-electron chi connectivity index (χ1n) is 8.67. The van der Waals surface area contributed by atoms with Crippen molar-refractivity contribution in [2.45, 2.75) is 65.1 Å². The zero-order valence-corrected chi connectivity index (χ0v) is 15.9. The summed E-state index contributed by atoms with van der Waals surface area (Å²) in [6.45, 7) is 8.63. The fourth-order valence-electron chi connectivity index (χ4n) is 2.09. The predicted molar refractivity (Wildman–Crippen MR) is 97.4 cm³/mol. The summed E-state index contributed by atoms with van der Waals surface area (Å²) >= 11 is 0. The van der Waals surface area contributed by atoms with Crippen LogP contribution in [0.2, 0.25) is 0 Å². The van der Waals surface area contributed by atoms with E-state index in [2.05, 4.69) is 33.0 Å². The Morgan fingerprint density at radius 3 is 2.72 bits per heavy atom. The van der Waals surface area contributed by atoms with Crippen LogP contribution >= 0.6 is 0 Å². The molecule has 8 heteroatoms. The fraction of sp³-hybridized carbons (Fsp3) is 0.706. The minimum atomic E-state index is -0.508. The Morgan fingerprint density at radius 1 is 1.40 bits per heavy atom. The van der Waals surface area contributed by atoms with Crippen molar-refractivity contribution in [3.05, 3.63) is 18.0 Å². The molecule has 0 saturated heterocycles. The van der Waals surface area contributed by atoms with Gasteiger partial charge in [-0.05, 0) is 27.2 Å². The molecule has 8 nitrogen and oxygen atoms in total. The van der Waals surface area contributed by atoms with Gasteiger partial charge in [0.1, 0.15) is 17.6 Å². The highest BCUT2D eigenvalue weighted by molar-refractivity contribution is 5.80. The minimum absolute atomic E-state index is 0.0518. The fourth-order valence-corrected chi connectivity index (χ4v) is 2.09. The maximum absolute atomic E-state index is 11.8. The highest BCUT2D eigenvalue weighted by Crippen LogP contribution is 2.07. The molecular formula is C17H31N5O3. The lowest BCUT2D eigenvalue weighted by molar-refractivity contribution is 0.0523. The van der Waals surface area contributed by atoms with Crippen molar-refractivity contribution in [1.82, 2.24) is 21.1 Å². The first-order valence-corrected chi connectivity index (χ1v) is 8.67. The summed E-state index contributed by atoms with van der Waals surface area (Å²) in [5.74, 6) is 0.648. The lowest BCUT2D eigenvalue weighted by Gasteiger charge is -2.24. The van der Waals surface area contributed by atoms with Gasteiger partial charge in [0.2, 0.25) is 0 Å². The van der Waals surface area contributed by atoms with Gasteiger partial charge in [-0.2, -0.15) is 0 Å². The number of unbranched alkanes of at least 4 members (excludes halogenated alkanes) is 1. The van der Waals surface area contributed by atoms with Crippen LogP contribution in [0.3, 0.4) is 0 Å². The van der Waals surface area contributed by atoms with Crippen LogP contribution in [0.4, 0.5) is 4.79 Å². The standard InChI is InChI=1S/C17H31N5O3/c1-6-7-8-13(11-20-16(23)25-17(2,3)4)21-15(18-5)19-12-14-9-10-24-22-14/h9-10,13H,6-8,11-12H2,1-5H3,(H,20,23)(H2,18,19,21). The lowest BCUT2D eigenvalue weighted by atomic mass is 10.1. The van der Waals surface area contributed by atoms with Crippen LogP contribution in [-0.4, -0.2) is 42.4 Å². The van der Waals surface area contributed by atoms with Crippen LogP contribution in [0.15, 0.2) is 21.8 Å². The van der Waals surface area contributed by atoms with Crippen molar-refractivity contribution in [2.75, 3.05) is 13.6 Å². The van der Waals surface area contributed by atoms with Gasteiger partial charge in [-0.25, -0.2) is 4.79 Å². The van der Waals surface area contributed by atoms with Crippen LogP contribution in [0.25, 0.3) is 0 Å². The summed E-state index contributed by atoms with van der Waals surface area (Å²) in [5, 5.41) is 13.2. The zero-order chi connectivity index (χ0) is 18.7. The molecule has 0 aromatic carbocycles. The predicted octanol–water partition coefficient (Wildman–Crippen LogP) is 2.42. The van der Waals surface area contributed by atoms with Crippen molar-refractivity contribution in [3.63, 3.8) is 0 Å². The number of aromatic nitrogens is 1. The molecule has 0 aliphatic heterocycles. The second-order valence-corrected chi connectivity index (χ2v) is 6.78. The van der Waals surface area contributed by atoms with Crippen LogP contribution in [-0.2, 0) is 11.3 Å². The molecule has 0 radical (unpaired) electrons. The second-order valence-electron chi connectivity index (χ2n) is 6.78. The van der Waals surface area contributed by atoms with E-state index in [1.807, 2.05) is 20.8 Å². The molecule has 0 aliphatic rings. The third-order valence-corrected chi connectivity index (χ3v) is 3.29. The van der Waals surface area contributed by atoms with E-state index in [9.17, 15) is 4.79 Å². The number of nitrogens with zero attached hydrogens (tertiary/aromatic N) is 2. The van der Waals surface area contributed by atoms with E-state index < -0.39 is 11.7 Å². The van der Waals surface area contributed by atoms with Gasteiger partial charge in [0.25, 0.3) is 0 Å². The third-order valence-electron chi connectivity index (χ3n) is 3.29. The number of nitrogens with one attached hydrogen (secondary N) is 3. The number of hydrogen-bond donors (Lipinski definition) is 3. The lowest BCUT2D eigenvalue weighted by Crippen LogP contribution is -2.48. The molecule has 1 aromatic rings. The van der Waals surface area contributed by atoms with E-state index in [0.717, 1.165) is 25.0 Å². The molecule has 142 valence electrons. The van der Waals surface area contributed by atoms with E-state index in [1.165, 1.54) is 6.26 Å². The van der Waals surface area contributed by atoms with E-state index in [-0.39, 0.29) is 6.04 Å². The van der Waals surface area contributed by atoms with Gasteiger partial charge in [-0.1, -0.05) is 24.9 Å². The maximum atomic E-state index is 11.8. The van der Waals surface area contributed by atoms with E-state index >= 15 is 0 Å². The number of ether oxygens (including phenoxy) is 1. The summed E-state index contributed by atoms with van der Waals surface area (Å²) in [6, 6.07) is 1.84. The van der Waals surface area contributed by atoms with Gasteiger partial charge in [-0.15, -0.1) is 0 Å². The molecular weight excluding hydrogens is 322 g/mol. The van der Waals surface area contributed by atoms with Gasteiger partial charge < -0.3 is 25.2 Å². The Hall–Kier alpha value is -2.25. The molecule has 1 rings (SSSR count). The topological polar surface area (TPSA) is 101 Å². The number of alkyl carbamates (subject to hydrolysis) is 1. The number of carbonyl (C=O) groups is 1. The van der Waals surface area contributed by atoms with E-state index in [4.69, 9.17) is 9.26 Å². The van der Waals surface area contributed by atoms with Crippen molar-refractivity contribution in [3.8, 4) is 0 Å². The Kier molecular flexibility index (Phi) is 8.80. The largest absolute Gasteiger partial charge is 0.444 e. The van der Waals surface area contributed by atoms with Crippen LogP contribution < -0.4 is 16.0 Å². The molecule has 1 aromatic heterocycles. The molecule has 3 N–H and O–H groups in total. The Labute approximate surface area is 149 Å². The molecule has 1 heterocycles. The molecule has 1 unspecified atom stereocenters. The Bertz CT molecular complexity index is 523. The summed E-state index contributed by atoms with van der Waals surface area (Å²) < 4.78 is 10.1. The Morgan fingerprint density at radius 2 is 2.16 bits per heavy atom. The average Bonchev–Trinajstić information content (AvgIpc) is 3.05. The molecule has 1 amide bonds. The van der Waals surface area contributed by atoms with Gasteiger partial charge in [0, 0.05) is 25.7 Å². The molecule has 0 bridgehead atoms.